The highest BCUT2D eigenvalue weighted by molar-refractivity contribution is 7.09. The van der Waals surface area contributed by atoms with Crippen molar-refractivity contribution in [1.82, 2.24) is 15.1 Å². The summed E-state index contributed by atoms with van der Waals surface area (Å²) in [6, 6.07) is 4.35. The molecule has 6 heteroatoms. The summed E-state index contributed by atoms with van der Waals surface area (Å²) < 4.78 is 5.55. The Balaban J connectivity index is 1.42. The van der Waals surface area contributed by atoms with Gasteiger partial charge in [-0.25, -0.2) is 4.79 Å². The van der Waals surface area contributed by atoms with E-state index < -0.39 is 0 Å². The van der Waals surface area contributed by atoms with Gasteiger partial charge in [0.1, 0.15) is 0 Å². The van der Waals surface area contributed by atoms with E-state index in [4.69, 9.17) is 4.74 Å². The summed E-state index contributed by atoms with van der Waals surface area (Å²) in [5, 5.41) is 5.15. The lowest BCUT2D eigenvalue weighted by atomic mass is 10.2. The summed E-state index contributed by atoms with van der Waals surface area (Å²) in [4.78, 5) is 18.1. The van der Waals surface area contributed by atoms with Gasteiger partial charge in [0, 0.05) is 50.8 Å². The van der Waals surface area contributed by atoms with Crippen LogP contribution in [-0.2, 0) is 11.3 Å². The van der Waals surface area contributed by atoms with Crippen molar-refractivity contribution in [1.29, 1.82) is 0 Å². The Bertz CT molecular complexity index is 460. The zero-order valence-electron chi connectivity index (χ0n) is 13.0. The first kappa shape index (κ1) is 15.8. The minimum atomic E-state index is 0.0634. The average Bonchev–Trinajstić information content (AvgIpc) is 3.16. The number of thiophene rings is 1. The van der Waals surface area contributed by atoms with Crippen molar-refractivity contribution in [2.45, 2.75) is 31.9 Å². The SMILES string of the molecule is O=C(NCC1CCCO1)N1CCCN(Cc2cccs2)CC1. The van der Waals surface area contributed by atoms with E-state index in [1.165, 1.54) is 4.88 Å². The maximum atomic E-state index is 12.3. The molecule has 5 nitrogen and oxygen atoms in total. The van der Waals surface area contributed by atoms with E-state index >= 15 is 0 Å². The largest absolute Gasteiger partial charge is 0.376 e. The molecule has 1 aromatic heterocycles. The summed E-state index contributed by atoms with van der Waals surface area (Å²) in [5.74, 6) is 0. The van der Waals surface area contributed by atoms with Gasteiger partial charge in [0.15, 0.2) is 0 Å². The first-order valence-corrected chi connectivity index (χ1v) is 9.08. The Morgan fingerprint density at radius 2 is 2.27 bits per heavy atom. The zero-order valence-corrected chi connectivity index (χ0v) is 13.8. The minimum Gasteiger partial charge on any atom is -0.376 e. The second kappa shape index (κ2) is 7.94. The molecule has 1 unspecified atom stereocenters. The molecule has 0 saturated carbocycles. The number of ether oxygens (including phenoxy) is 1. The molecule has 2 amide bonds. The van der Waals surface area contributed by atoms with Gasteiger partial charge in [-0.05, 0) is 30.7 Å². The fourth-order valence-corrected chi connectivity index (χ4v) is 3.82. The molecule has 0 aliphatic carbocycles. The molecule has 1 N–H and O–H groups in total. The number of carbonyl (C=O) groups excluding carboxylic acids is 1. The summed E-state index contributed by atoms with van der Waals surface area (Å²) in [6.07, 6.45) is 3.43. The topological polar surface area (TPSA) is 44.8 Å². The van der Waals surface area contributed by atoms with E-state index in [1.807, 2.05) is 4.90 Å². The maximum absolute atomic E-state index is 12.3. The molecule has 22 heavy (non-hydrogen) atoms. The van der Waals surface area contributed by atoms with Crippen molar-refractivity contribution < 1.29 is 9.53 Å². The Morgan fingerprint density at radius 3 is 3.05 bits per heavy atom. The summed E-state index contributed by atoms with van der Waals surface area (Å²) in [7, 11) is 0. The summed E-state index contributed by atoms with van der Waals surface area (Å²) >= 11 is 1.80. The molecule has 0 radical (unpaired) electrons. The Morgan fingerprint density at radius 1 is 1.32 bits per heavy atom. The lowest BCUT2D eigenvalue weighted by Crippen LogP contribution is -2.44. The number of nitrogens with one attached hydrogen (secondary N) is 1. The van der Waals surface area contributed by atoms with Crippen molar-refractivity contribution >= 4 is 17.4 Å². The minimum absolute atomic E-state index is 0.0634. The highest BCUT2D eigenvalue weighted by Crippen LogP contribution is 2.14. The molecule has 0 spiro atoms. The molecule has 2 saturated heterocycles. The van der Waals surface area contributed by atoms with Gasteiger partial charge < -0.3 is 15.0 Å². The fourth-order valence-electron chi connectivity index (χ4n) is 3.07. The normalized spacial score (nSPS) is 23.5. The molecule has 3 rings (SSSR count). The molecule has 0 bridgehead atoms. The van der Waals surface area contributed by atoms with Crippen LogP contribution in [0.25, 0.3) is 0 Å². The van der Waals surface area contributed by atoms with Gasteiger partial charge in [0.25, 0.3) is 0 Å². The van der Waals surface area contributed by atoms with Gasteiger partial charge in [-0.2, -0.15) is 0 Å². The van der Waals surface area contributed by atoms with Gasteiger partial charge in [-0.3, -0.25) is 4.90 Å². The van der Waals surface area contributed by atoms with Crippen LogP contribution < -0.4 is 5.32 Å². The average molecular weight is 323 g/mol. The van der Waals surface area contributed by atoms with Crippen LogP contribution in [0.3, 0.4) is 0 Å². The molecule has 2 aliphatic rings. The lowest BCUT2D eigenvalue weighted by molar-refractivity contribution is 0.109. The fraction of sp³-hybridized carbons (Fsp3) is 0.688. The van der Waals surface area contributed by atoms with Crippen LogP contribution in [0.1, 0.15) is 24.1 Å². The van der Waals surface area contributed by atoms with Gasteiger partial charge in [-0.1, -0.05) is 6.07 Å². The van der Waals surface area contributed by atoms with Crippen molar-refractivity contribution in [3.05, 3.63) is 22.4 Å². The zero-order chi connectivity index (χ0) is 15.2. The second-order valence-corrected chi connectivity index (χ2v) is 7.05. The second-order valence-electron chi connectivity index (χ2n) is 6.02. The number of carbonyl (C=O) groups is 1. The Labute approximate surface area is 136 Å². The molecule has 0 aromatic carbocycles. The highest BCUT2D eigenvalue weighted by atomic mass is 32.1. The van der Waals surface area contributed by atoms with E-state index in [0.29, 0.717) is 6.54 Å². The number of urea groups is 1. The van der Waals surface area contributed by atoms with Crippen LogP contribution in [0.2, 0.25) is 0 Å². The van der Waals surface area contributed by atoms with Crippen molar-refractivity contribution in [3.63, 3.8) is 0 Å². The predicted molar refractivity (Wildman–Crippen MR) is 88.2 cm³/mol. The number of rotatable bonds is 4. The van der Waals surface area contributed by atoms with Crippen LogP contribution >= 0.6 is 11.3 Å². The van der Waals surface area contributed by atoms with Crippen molar-refractivity contribution in [2.24, 2.45) is 0 Å². The standard InChI is InChI=1S/C16H25N3O2S/c20-16(17-12-14-4-1-10-21-14)19-7-3-6-18(8-9-19)13-15-5-2-11-22-15/h2,5,11,14H,1,3-4,6-10,12-13H2,(H,17,20). The summed E-state index contributed by atoms with van der Waals surface area (Å²) in [6.45, 7) is 6.15. The van der Waals surface area contributed by atoms with Crippen LogP contribution in [0, 0.1) is 0 Å². The number of hydrogen-bond donors (Lipinski definition) is 1. The van der Waals surface area contributed by atoms with Gasteiger partial charge in [-0.15, -0.1) is 11.3 Å². The van der Waals surface area contributed by atoms with Gasteiger partial charge >= 0.3 is 6.03 Å². The molecule has 3 heterocycles. The first-order chi connectivity index (χ1) is 10.8. The molecule has 1 atom stereocenters. The number of nitrogens with zero attached hydrogens (tertiary/aromatic N) is 2. The first-order valence-electron chi connectivity index (χ1n) is 8.20. The number of hydrogen-bond acceptors (Lipinski definition) is 4. The van der Waals surface area contributed by atoms with Crippen molar-refractivity contribution in [2.75, 3.05) is 39.3 Å². The van der Waals surface area contributed by atoms with E-state index in [0.717, 1.165) is 58.6 Å². The molecule has 122 valence electrons. The number of amides is 2. The van der Waals surface area contributed by atoms with Crippen molar-refractivity contribution in [3.8, 4) is 0 Å². The highest BCUT2D eigenvalue weighted by Gasteiger charge is 2.21. The van der Waals surface area contributed by atoms with Crippen LogP contribution in [0.4, 0.5) is 4.79 Å². The van der Waals surface area contributed by atoms with E-state index in [1.54, 1.807) is 11.3 Å². The van der Waals surface area contributed by atoms with Gasteiger partial charge in [0.2, 0.25) is 0 Å². The predicted octanol–water partition coefficient (Wildman–Crippen LogP) is 2.14. The quantitative estimate of drug-likeness (QED) is 0.923. The third kappa shape index (κ3) is 4.44. The summed E-state index contributed by atoms with van der Waals surface area (Å²) in [5.41, 5.74) is 0. The van der Waals surface area contributed by atoms with Crippen LogP contribution in [0.5, 0.6) is 0 Å². The molecule has 2 fully saturated rings. The van der Waals surface area contributed by atoms with Crippen LogP contribution in [-0.4, -0.2) is 61.3 Å². The van der Waals surface area contributed by atoms with E-state index in [-0.39, 0.29) is 12.1 Å². The Kier molecular flexibility index (Phi) is 5.70. The molecular weight excluding hydrogens is 298 g/mol. The maximum Gasteiger partial charge on any atom is 0.317 e. The lowest BCUT2D eigenvalue weighted by Gasteiger charge is -2.22. The smallest absolute Gasteiger partial charge is 0.317 e. The molecule has 2 aliphatic heterocycles. The monoisotopic (exact) mass is 323 g/mol. The van der Waals surface area contributed by atoms with E-state index in [2.05, 4.69) is 27.7 Å². The third-order valence-electron chi connectivity index (χ3n) is 4.34. The molecule has 1 aromatic rings. The molecular formula is C16H25N3O2S. The van der Waals surface area contributed by atoms with Gasteiger partial charge in [0.05, 0.1) is 6.10 Å². The van der Waals surface area contributed by atoms with Crippen LogP contribution in [0.15, 0.2) is 17.5 Å². The Hall–Kier alpha value is -1.11. The third-order valence-corrected chi connectivity index (χ3v) is 5.20. The van der Waals surface area contributed by atoms with E-state index in [9.17, 15) is 4.79 Å².